The van der Waals surface area contributed by atoms with Crippen molar-refractivity contribution in [3.8, 4) is 5.75 Å². The quantitative estimate of drug-likeness (QED) is 0.123. The number of carboxylic acid groups (broad SMARTS) is 1. The summed E-state index contributed by atoms with van der Waals surface area (Å²) in [5.41, 5.74) is 1.53. The molecule has 12 heteroatoms. The molecule has 0 radical (unpaired) electrons. The van der Waals surface area contributed by atoms with Crippen molar-refractivity contribution in [1.82, 2.24) is 21.3 Å². The fraction of sp³-hybridized carbons (Fsp3) is 0.541. The van der Waals surface area contributed by atoms with Crippen LogP contribution in [0.5, 0.6) is 5.75 Å². The van der Waals surface area contributed by atoms with Gasteiger partial charge in [0.2, 0.25) is 23.6 Å². The summed E-state index contributed by atoms with van der Waals surface area (Å²) >= 11 is 0. The lowest BCUT2D eigenvalue weighted by Crippen LogP contribution is -2.57. The zero-order valence-electron chi connectivity index (χ0n) is 29.7. The number of hydrogen-bond acceptors (Lipinski definition) is 7. The molecule has 12 nitrogen and oxygen atoms in total. The lowest BCUT2D eigenvalue weighted by Gasteiger charge is -2.30. The molecule has 2 unspecified atom stereocenters. The second-order valence-electron chi connectivity index (χ2n) is 13.1. The van der Waals surface area contributed by atoms with Crippen molar-refractivity contribution in [1.29, 1.82) is 0 Å². The number of carboxylic acids is 1. The number of aliphatic hydroxyl groups excluding tert-OH is 1. The average Bonchev–Trinajstić information content (AvgIpc) is 3.04. The number of rotatable bonds is 20. The Kier molecular flexibility index (Phi) is 16.7. The van der Waals surface area contributed by atoms with Gasteiger partial charge >= 0.3 is 5.97 Å². The van der Waals surface area contributed by atoms with Crippen LogP contribution in [0.25, 0.3) is 0 Å². The van der Waals surface area contributed by atoms with Gasteiger partial charge in [-0.05, 0) is 54.4 Å². The van der Waals surface area contributed by atoms with Crippen LogP contribution in [0.2, 0.25) is 0 Å². The van der Waals surface area contributed by atoms with Crippen LogP contribution in [-0.2, 0) is 36.8 Å². The summed E-state index contributed by atoms with van der Waals surface area (Å²) in [5, 5.41) is 31.8. The molecule has 2 rings (SSSR count). The zero-order chi connectivity index (χ0) is 36.7. The SMILES string of the molecule is CCOc1cccc(CC(=O)NC(C(=O)N[C@@H](Cc2ccccc2)[C@@H](O)CC(=O)N[C@H](C(=O)NC(C(=O)O)C(C)C)[C@@H](C)CC)C(C)C)c1. The van der Waals surface area contributed by atoms with Crippen molar-refractivity contribution in [3.05, 3.63) is 65.7 Å². The molecule has 0 saturated heterocycles. The maximum Gasteiger partial charge on any atom is 0.326 e. The highest BCUT2D eigenvalue weighted by molar-refractivity contribution is 5.91. The monoisotopic (exact) mass is 682 g/mol. The summed E-state index contributed by atoms with van der Waals surface area (Å²) in [6.45, 7) is 12.9. The maximum atomic E-state index is 13.7. The van der Waals surface area contributed by atoms with Crippen LogP contribution in [0.15, 0.2) is 54.6 Å². The predicted molar refractivity (Wildman–Crippen MR) is 187 cm³/mol. The van der Waals surface area contributed by atoms with E-state index in [1.807, 2.05) is 44.2 Å². The van der Waals surface area contributed by atoms with E-state index in [-0.39, 0.29) is 36.5 Å². The summed E-state index contributed by atoms with van der Waals surface area (Å²) in [7, 11) is 0. The van der Waals surface area contributed by atoms with Crippen molar-refractivity contribution in [2.75, 3.05) is 6.61 Å². The molecule has 0 bridgehead atoms. The highest BCUT2D eigenvalue weighted by Gasteiger charge is 2.33. The largest absolute Gasteiger partial charge is 0.494 e. The molecule has 0 aromatic heterocycles. The first kappa shape index (κ1) is 40.7. The van der Waals surface area contributed by atoms with Gasteiger partial charge in [-0.2, -0.15) is 0 Å². The molecule has 6 N–H and O–H groups in total. The van der Waals surface area contributed by atoms with E-state index < -0.39 is 60.4 Å². The number of hydrogen-bond donors (Lipinski definition) is 6. The molecule has 2 aromatic carbocycles. The Labute approximate surface area is 289 Å². The predicted octanol–water partition coefficient (Wildman–Crippen LogP) is 3.00. The van der Waals surface area contributed by atoms with E-state index in [0.717, 1.165) is 11.1 Å². The first-order valence-electron chi connectivity index (χ1n) is 17.0. The minimum atomic E-state index is -1.36. The van der Waals surface area contributed by atoms with Crippen LogP contribution in [0.1, 0.15) is 72.4 Å². The van der Waals surface area contributed by atoms with E-state index in [0.29, 0.717) is 18.8 Å². The summed E-state index contributed by atoms with van der Waals surface area (Å²) in [6, 6.07) is 12.3. The number of carbonyl (C=O) groups excluding carboxylic acids is 4. The number of nitrogens with one attached hydrogen (secondary N) is 4. The lowest BCUT2D eigenvalue weighted by molar-refractivity contribution is -0.143. The van der Waals surface area contributed by atoms with Crippen molar-refractivity contribution in [2.45, 2.75) is 104 Å². The first-order valence-corrected chi connectivity index (χ1v) is 17.0. The molecule has 0 aliphatic heterocycles. The Morgan fingerprint density at radius 3 is 1.88 bits per heavy atom. The normalized spacial score (nSPS) is 14.9. The Balaban J connectivity index is 2.21. The molecule has 0 spiro atoms. The Morgan fingerprint density at radius 1 is 0.714 bits per heavy atom. The van der Waals surface area contributed by atoms with Crippen molar-refractivity contribution in [2.24, 2.45) is 17.8 Å². The van der Waals surface area contributed by atoms with Gasteiger partial charge in [-0.25, -0.2) is 4.79 Å². The summed E-state index contributed by atoms with van der Waals surface area (Å²) in [4.78, 5) is 64.8. The topological polar surface area (TPSA) is 183 Å². The maximum absolute atomic E-state index is 13.7. The highest BCUT2D eigenvalue weighted by atomic mass is 16.5. The Bertz CT molecular complexity index is 1380. The van der Waals surface area contributed by atoms with Gasteiger partial charge in [-0.1, -0.05) is 90.4 Å². The second-order valence-corrected chi connectivity index (χ2v) is 13.1. The molecule has 49 heavy (non-hydrogen) atoms. The third-order valence-corrected chi connectivity index (χ3v) is 8.37. The van der Waals surface area contributed by atoms with Gasteiger partial charge in [0.15, 0.2) is 0 Å². The van der Waals surface area contributed by atoms with E-state index in [9.17, 15) is 34.2 Å². The molecule has 0 fully saturated rings. The number of aliphatic carboxylic acids is 1. The molecule has 0 aliphatic carbocycles. The molecule has 6 atom stereocenters. The van der Waals surface area contributed by atoms with Crippen LogP contribution >= 0.6 is 0 Å². The van der Waals surface area contributed by atoms with Crippen LogP contribution in [-0.4, -0.2) is 76.7 Å². The molecule has 4 amide bonds. The van der Waals surface area contributed by atoms with E-state index in [2.05, 4.69) is 21.3 Å². The zero-order valence-corrected chi connectivity index (χ0v) is 29.7. The molecule has 2 aromatic rings. The van der Waals surface area contributed by atoms with E-state index in [4.69, 9.17) is 4.74 Å². The third-order valence-electron chi connectivity index (χ3n) is 8.37. The van der Waals surface area contributed by atoms with E-state index in [1.165, 1.54) is 0 Å². The van der Waals surface area contributed by atoms with Gasteiger partial charge in [0, 0.05) is 0 Å². The van der Waals surface area contributed by atoms with Crippen LogP contribution < -0.4 is 26.0 Å². The molecular formula is C37H54N4O8. The summed E-state index contributed by atoms with van der Waals surface area (Å²) in [5.74, 6) is -3.71. The van der Waals surface area contributed by atoms with Crippen LogP contribution in [0, 0.1) is 17.8 Å². The lowest BCUT2D eigenvalue weighted by atomic mass is 9.95. The second kappa shape index (κ2) is 20.2. The molecule has 0 saturated carbocycles. The average molecular weight is 683 g/mol. The number of benzene rings is 2. The van der Waals surface area contributed by atoms with Gasteiger partial charge < -0.3 is 36.2 Å². The van der Waals surface area contributed by atoms with Gasteiger partial charge in [0.25, 0.3) is 0 Å². The Hall–Kier alpha value is -4.45. The summed E-state index contributed by atoms with van der Waals surface area (Å²) in [6.07, 6.45) is -1.07. The number of ether oxygens (including phenoxy) is 1. The van der Waals surface area contributed by atoms with Crippen molar-refractivity contribution >= 4 is 29.6 Å². The van der Waals surface area contributed by atoms with Crippen molar-refractivity contribution < 1.29 is 38.9 Å². The van der Waals surface area contributed by atoms with Crippen molar-refractivity contribution in [3.63, 3.8) is 0 Å². The summed E-state index contributed by atoms with van der Waals surface area (Å²) < 4.78 is 5.52. The van der Waals surface area contributed by atoms with Crippen LogP contribution in [0.4, 0.5) is 0 Å². The van der Waals surface area contributed by atoms with Gasteiger partial charge in [-0.15, -0.1) is 0 Å². The molecule has 0 aliphatic rings. The van der Waals surface area contributed by atoms with E-state index >= 15 is 0 Å². The third kappa shape index (κ3) is 13.5. The number of carbonyl (C=O) groups is 5. The van der Waals surface area contributed by atoms with Gasteiger partial charge in [0.1, 0.15) is 23.9 Å². The fourth-order valence-electron chi connectivity index (χ4n) is 5.30. The smallest absolute Gasteiger partial charge is 0.326 e. The molecule has 270 valence electrons. The van der Waals surface area contributed by atoms with E-state index in [1.54, 1.807) is 58.9 Å². The first-order chi connectivity index (χ1) is 23.2. The van der Waals surface area contributed by atoms with Gasteiger partial charge in [-0.3, -0.25) is 19.2 Å². The molecule has 0 heterocycles. The van der Waals surface area contributed by atoms with Gasteiger partial charge in [0.05, 0.1) is 31.6 Å². The standard InChI is InChI=1S/C37H54N4O8/c1-8-24(7)34(36(46)41-33(23(5)6)37(47)48)40-31(44)21-29(42)28(19-25-14-11-10-12-15-25)38-35(45)32(22(3)4)39-30(43)20-26-16-13-17-27(18-26)49-9-2/h10-18,22-24,28-29,32-34,42H,8-9,19-21H2,1-7H3,(H,38,45)(H,39,43)(H,40,44)(H,41,46)(H,47,48)/t24-,28-,29-,32?,33?,34-/m0/s1. The number of amides is 4. The molecular weight excluding hydrogens is 628 g/mol. The minimum Gasteiger partial charge on any atom is -0.494 e. The number of aliphatic hydroxyl groups is 1. The fourth-order valence-corrected chi connectivity index (χ4v) is 5.30. The van der Waals surface area contributed by atoms with Crippen LogP contribution in [0.3, 0.4) is 0 Å². The minimum absolute atomic E-state index is 0.0307. The highest BCUT2D eigenvalue weighted by Crippen LogP contribution is 2.16. The Morgan fingerprint density at radius 2 is 1.31 bits per heavy atom.